The number of carbonyl (C=O) groups excluding carboxylic acids is 2. The Bertz CT molecular complexity index is 304. The molecule has 102 valence electrons. The highest BCUT2D eigenvalue weighted by Crippen LogP contribution is 2.03. The zero-order chi connectivity index (χ0) is 13.8. The number of carbonyl (C=O) groups is 2. The van der Waals surface area contributed by atoms with E-state index < -0.39 is 0 Å². The molecule has 0 aliphatic rings. The molecule has 0 bridgehead atoms. The number of nitriles is 1. The van der Waals surface area contributed by atoms with Crippen LogP contribution in [-0.4, -0.2) is 62.2 Å². The standard InChI is InChI=1S/C11H18N2O4S/c1-16-7-6-13(5-3-11(15)17-2)10(14)9-18-8-4-12/h3,5-9H2,1-2H3. The summed E-state index contributed by atoms with van der Waals surface area (Å²) in [6.45, 7) is 1.15. The molecule has 6 nitrogen and oxygen atoms in total. The molecule has 0 N–H and O–H groups in total. The smallest absolute Gasteiger partial charge is 0.307 e. The van der Waals surface area contributed by atoms with Crippen molar-refractivity contribution < 1.29 is 19.1 Å². The van der Waals surface area contributed by atoms with Crippen molar-refractivity contribution in [2.24, 2.45) is 0 Å². The molecular weight excluding hydrogens is 256 g/mol. The summed E-state index contributed by atoms with van der Waals surface area (Å²) in [4.78, 5) is 24.4. The second-order valence-corrected chi connectivity index (χ2v) is 4.34. The molecule has 0 spiro atoms. The van der Waals surface area contributed by atoms with Gasteiger partial charge in [-0.15, -0.1) is 11.8 Å². The van der Waals surface area contributed by atoms with Gasteiger partial charge in [0.1, 0.15) is 0 Å². The fourth-order valence-corrected chi connectivity index (χ4v) is 1.72. The van der Waals surface area contributed by atoms with Crippen molar-refractivity contribution in [2.75, 3.05) is 45.4 Å². The van der Waals surface area contributed by atoms with E-state index in [1.165, 1.54) is 18.9 Å². The summed E-state index contributed by atoms with van der Waals surface area (Å²) in [5, 5.41) is 8.39. The third-order valence-electron chi connectivity index (χ3n) is 2.12. The number of hydrogen-bond donors (Lipinski definition) is 0. The van der Waals surface area contributed by atoms with Crippen LogP contribution in [0.1, 0.15) is 6.42 Å². The monoisotopic (exact) mass is 274 g/mol. The van der Waals surface area contributed by atoms with Gasteiger partial charge >= 0.3 is 5.97 Å². The minimum absolute atomic E-state index is 0.101. The van der Waals surface area contributed by atoms with Crippen LogP contribution in [0.3, 0.4) is 0 Å². The zero-order valence-electron chi connectivity index (χ0n) is 10.7. The largest absolute Gasteiger partial charge is 0.469 e. The fraction of sp³-hybridized carbons (Fsp3) is 0.727. The van der Waals surface area contributed by atoms with Crippen LogP contribution in [0.2, 0.25) is 0 Å². The van der Waals surface area contributed by atoms with Crippen LogP contribution in [0.5, 0.6) is 0 Å². The maximum atomic E-state index is 11.8. The van der Waals surface area contributed by atoms with Crippen molar-refractivity contribution in [3.05, 3.63) is 0 Å². The number of methoxy groups -OCH3 is 2. The van der Waals surface area contributed by atoms with Gasteiger partial charge in [-0.25, -0.2) is 0 Å². The fourth-order valence-electron chi connectivity index (χ4n) is 1.17. The molecule has 0 unspecified atom stereocenters. The van der Waals surface area contributed by atoms with E-state index in [2.05, 4.69) is 4.74 Å². The predicted octanol–water partition coefficient (Wildman–Crippen LogP) is 0.281. The minimum atomic E-state index is -0.352. The number of nitrogens with zero attached hydrogens (tertiary/aromatic N) is 2. The van der Waals surface area contributed by atoms with Gasteiger partial charge in [-0.1, -0.05) is 0 Å². The van der Waals surface area contributed by atoms with Crippen LogP contribution in [-0.2, 0) is 19.1 Å². The Morgan fingerprint density at radius 1 is 1.33 bits per heavy atom. The number of hydrogen-bond acceptors (Lipinski definition) is 6. The summed E-state index contributed by atoms with van der Waals surface area (Å²) in [6.07, 6.45) is 0.162. The Kier molecular flexibility index (Phi) is 10.1. The SMILES string of the molecule is COCCN(CCC(=O)OC)C(=O)CSCC#N. The lowest BCUT2D eigenvalue weighted by Gasteiger charge is -2.21. The van der Waals surface area contributed by atoms with Crippen molar-refractivity contribution in [3.63, 3.8) is 0 Å². The lowest BCUT2D eigenvalue weighted by atomic mass is 10.3. The second-order valence-electron chi connectivity index (χ2n) is 3.35. The van der Waals surface area contributed by atoms with E-state index in [0.29, 0.717) is 19.7 Å². The average Bonchev–Trinajstić information content (AvgIpc) is 2.38. The van der Waals surface area contributed by atoms with Crippen molar-refractivity contribution in [1.29, 1.82) is 5.26 Å². The Morgan fingerprint density at radius 2 is 2.06 bits per heavy atom. The molecule has 0 atom stereocenters. The summed E-state index contributed by atoms with van der Waals surface area (Å²) >= 11 is 1.25. The summed E-state index contributed by atoms with van der Waals surface area (Å²) in [6, 6.07) is 1.96. The molecule has 0 aromatic carbocycles. The van der Waals surface area contributed by atoms with Crippen molar-refractivity contribution in [2.45, 2.75) is 6.42 Å². The van der Waals surface area contributed by atoms with E-state index in [0.717, 1.165) is 0 Å². The predicted molar refractivity (Wildman–Crippen MR) is 68.0 cm³/mol. The van der Waals surface area contributed by atoms with E-state index >= 15 is 0 Å². The first-order chi connectivity index (χ1) is 8.65. The van der Waals surface area contributed by atoms with Gasteiger partial charge in [-0.05, 0) is 0 Å². The molecule has 0 radical (unpaired) electrons. The van der Waals surface area contributed by atoms with Crippen molar-refractivity contribution in [1.82, 2.24) is 4.90 Å². The maximum Gasteiger partial charge on any atom is 0.307 e. The molecule has 0 aromatic heterocycles. The van der Waals surface area contributed by atoms with Crippen LogP contribution in [0.15, 0.2) is 0 Å². The van der Waals surface area contributed by atoms with E-state index in [9.17, 15) is 9.59 Å². The van der Waals surface area contributed by atoms with E-state index in [4.69, 9.17) is 10.00 Å². The molecule has 0 saturated carbocycles. The highest BCUT2D eigenvalue weighted by Gasteiger charge is 2.14. The van der Waals surface area contributed by atoms with Crippen LogP contribution >= 0.6 is 11.8 Å². The molecule has 7 heteroatoms. The van der Waals surface area contributed by atoms with Crippen LogP contribution in [0, 0.1) is 11.3 Å². The maximum absolute atomic E-state index is 11.8. The van der Waals surface area contributed by atoms with Crippen LogP contribution in [0.4, 0.5) is 0 Å². The summed E-state index contributed by atoms with van der Waals surface area (Å²) < 4.78 is 9.44. The van der Waals surface area contributed by atoms with Crippen molar-refractivity contribution in [3.8, 4) is 6.07 Å². The molecule has 0 rings (SSSR count). The van der Waals surface area contributed by atoms with Gasteiger partial charge < -0.3 is 14.4 Å². The Hall–Kier alpha value is -1.26. The first-order valence-corrected chi connectivity index (χ1v) is 6.59. The molecule has 0 aliphatic carbocycles. The van der Waals surface area contributed by atoms with E-state index in [1.807, 2.05) is 6.07 Å². The Labute approximate surface area is 111 Å². The topological polar surface area (TPSA) is 79.6 Å². The first-order valence-electron chi connectivity index (χ1n) is 5.44. The zero-order valence-corrected chi connectivity index (χ0v) is 11.5. The van der Waals surface area contributed by atoms with Gasteiger partial charge in [-0.2, -0.15) is 5.26 Å². The normalized spacial score (nSPS) is 9.61. The minimum Gasteiger partial charge on any atom is -0.469 e. The highest BCUT2D eigenvalue weighted by molar-refractivity contribution is 8.00. The number of esters is 1. The summed E-state index contributed by atoms with van der Waals surface area (Å²) in [5.74, 6) is 0.0605. The molecule has 0 aliphatic heterocycles. The van der Waals surface area contributed by atoms with Gasteiger partial charge in [-0.3, -0.25) is 9.59 Å². The van der Waals surface area contributed by atoms with Crippen LogP contribution < -0.4 is 0 Å². The summed E-state index contributed by atoms with van der Waals surface area (Å²) in [5.41, 5.74) is 0. The number of rotatable bonds is 9. The van der Waals surface area contributed by atoms with Gasteiger partial charge in [0, 0.05) is 20.2 Å². The van der Waals surface area contributed by atoms with E-state index in [-0.39, 0.29) is 29.8 Å². The molecule has 0 aromatic rings. The molecule has 0 fully saturated rings. The van der Waals surface area contributed by atoms with Gasteiger partial charge in [0.15, 0.2) is 0 Å². The Balaban J connectivity index is 4.15. The molecular formula is C11H18N2O4S. The third kappa shape index (κ3) is 7.92. The quantitative estimate of drug-likeness (QED) is 0.444. The molecule has 0 heterocycles. The first kappa shape index (κ1) is 16.7. The molecule has 18 heavy (non-hydrogen) atoms. The molecule has 0 saturated heterocycles. The average molecular weight is 274 g/mol. The third-order valence-corrected chi connectivity index (χ3v) is 2.91. The lowest BCUT2D eigenvalue weighted by molar-refractivity contribution is -0.141. The van der Waals surface area contributed by atoms with Gasteiger partial charge in [0.05, 0.1) is 37.7 Å². The van der Waals surface area contributed by atoms with E-state index in [1.54, 1.807) is 12.0 Å². The van der Waals surface area contributed by atoms with Crippen LogP contribution in [0.25, 0.3) is 0 Å². The molecule has 1 amide bonds. The highest BCUT2D eigenvalue weighted by atomic mass is 32.2. The second kappa shape index (κ2) is 10.9. The summed E-state index contributed by atoms with van der Waals surface area (Å²) in [7, 11) is 2.86. The lowest BCUT2D eigenvalue weighted by Crippen LogP contribution is -2.37. The van der Waals surface area contributed by atoms with Gasteiger partial charge in [0.25, 0.3) is 0 Å². The van der Waals surface area contributed by atoms with Gasteiger partial charge in [0.2, 0.25) is 5.91 Å². The number of amides is 1. The number of ether oxygens (including phenoxy) is 2. The number of thioether (sulfide) groups is 1. The Morgan fingerprint density at radius 3 is 2.61 bits per heavy atom. The van der Waals surface area contributed by atoms with Crippen molar-refractivity contribution >= 4 is 23.6 Å².